The van der Waals surface area contributed by atoms with Crippen LogP contribution in [0.25, 0.3) is 0 Å². The van der Waals surface area contributed by atoms with Crippen LogP contribution in [0.5, 0.6) is 0 Å². The summed E-state index contributed by atoms with van der Waals surface area (Å²) in [4.78, 5) is 11.7. The van der Waals surface area contributed by atoms with Crippen molar-refractivity contribution in [3.8, 4) is 0 Å². The summed E-state index contributed by atoms with van der Waals surface area (Å²) in [6.45, 7) is 3.38. The number of nitrogens with two attached hydrogens (primary N) is 1. The SMILES string of the molecule is CC1(C)C(=O)NCCN1S(=O)(=O)c1cc(N)c(F)cc1Br. The van der Waals surface area contributed by atoms with Gasteiger partial charge in [0, 0.05) is 17.6 Å². The molecule has 6 nitrogen and oxygen atoms in total. The molecule has 0 aromatic heterocycles. The van der Waals surface area contributed by atoms with Crippen molar-refractivity contribution in [2.75, 3.05) is 18.8 Å². The number of hydrogen-bond acceptors (Lipinski definition) is 4. The van der Waals surface area contributed by atoms with Crippen molar-refractivity contribution >= 4 is 37.5 Å². The van der Waals surface area contributed by atoms with Gasteiger partial charge in [-0.05, 0) is 41.9 Å². The van der Waals surface area contributed by atoms with Gasteiger partial charge in [0.05, 0.1) is 10.6 Å². The largest absolute Gasteiger partial charge is 0.396 e. The summed E-state index contributed by atoms with van der Waals surface area (Å²) >= 11 is 3.03. The minimum Gasteiger partial charge on any atom is -0.396 e. The number of sulfonamides is 1. The first-order chi connectivity index (χ1) is 9.58. The van der Waals surface area contributed by atoms with Gasteiger partial charge in [-0.1, -0.05) is 0 Å². The molecule has 0 radical (unpaired) electrons. The maximum Gasteiger partial charge on any atom is 0.245 e. The minimum atomic E-state index is -3.99. The summed E-state index contributed by atoms with van der Waals surface area (Å²) in [5, 5.41) is 2.62. The van der Waals surface area contributed by atoms with Crippen molar-refractivity contribution in [1.82, 2.24) is 9.62 Å². The molecule has 0 spiro atoms. The second kappa shape index (κ2) is 5.22. The number of halogens is 2. The summed E-state index contributed by atoms with van der Waals surface area (Å²) in [5.41, 5.74) is 3.95. The lowest BCUT2D eigenvalue weighted by molar-refractivity contribution is -0.131. The number of carbonyl (C=O) groups is 1. The third kappa shape index (κ3) is 2.65. The highest BCUT2D eigenvalue weighted by Crippen LogP contribution is 2.33. The Balaban J connectivity index is 2.57. The van der Waals surface area contributed by atoms with Crippen molar-refractivity contribution in [3.63, 3.8) is 0 Å². The van der Waals surface area contributed by atoms with E-state index in [-0.39, 0.29) is 34.1 Å². The Kier molecular flexibility index (Phi) is 4.02. The van der Waals surface area contributed by atoms with E-state index in [1.165, 1.54) is 13.8 Å². The second-order valence-corrected chi connectivity index (χ2v) is 7.88. The third-order valence-electron chi connectivity index (χ3n) is 3.40. The molecule has 116 valence electrons. The van der Waals surface area contributed by atoms with Crippen LogP contribution in [0.4, 0.5) is 10.1 Å². The number of nitrogens with zero attached hydrogens (tertiary/aromatic N) is 1. The van der Waals surface area contributed by atoms with E-state index in [9.17, 15) is 17.6 Å². The molecule has 1 fully saturated rings. The van der Waals surface area contributed by atoms with Gasteiger partial charge in [-0.3, -0.25) is 4.79 Å². The highest BCUT2D eigenvalue weighted by molar-refractivity contribution is 9.10. The molecule has 1 heterocycles. The molecule has 0 atom stereocenters. The number of amides is 1. The average Bonchev–Trinajstić information content (AvgIpc) is 2.36. The van der Waals surface area contributed by atoms with Crippen molar-refractivity contribution in [2.24, 2.45) is 0 Å². The monoisotopic (exact) mass is 379 g/mol. The fraction of sp³-hybridized carbons (Fsp3) is 0.417. The number of nitrogens with one attached hydrogen (secondary N) is 1. The number of nitrogen functional groups attached to an aromatic ring is 1. The lowest BCUT2D eigenvalue weighted by Crippen LogP contribution is -2.63. The van der Waals surface area contributed by atoms with Crippen molar-refractivity contribution in [1.29, 1.82) is 0 Å². The quantitative estimate of drug-likeness (QED) is 0.751. The van der Waals surface area contributed by atoms with Crippen LogP contribution in [0.1, 0.15) is 13.8 Å². The molecular formula is C12H15BrFN3O3S. The zero-order chi connectivity index (χ0) is 16.0. The van der Waals surface area contributed by atoms with Crippen molar-refractivity contribution < 1.29 is 17.6 Å². The number of rotatable bonds is 2. The Morgan fingerprint density at radius 1 is 1.43 bits per heavy atom. The maximum atomic E-state index is 13.4. The van der Waals surface area contributed by atoms with E-state index in [0.29, 0.717) is 0 Å². The third-order valence-corrected chi connectivity index (χ3v) is 6.43. The molecule has 1 aliphatic heterocycles. The van der Waals surface area contributed by atoms with Gasteiger partial charge in [-0.2, -0.15) is 4.31 Å². The molecule has 0 bridgehead atoms. The standard InChI is InChI=1S/C12H15BrFN3O3S/c1-12(2)11(18)16-3-4-17(12)21(19,20)10-6-9(15)8(14)5-7(10)13/h5-6H,3-4,15H2,1-2H3,(H,16,18). The fourth-order valence-corrected chi connectivity index (χ4v) is 4.93. The summed E-state index contributed by atoms with van der Waals surface area (Å²) < 4.78 is 40.1. The Labute approximate surface area is 130 Å². The summed E-state index contributed by atoms with van der Waals surface area (Å²) in [6, 6.07) is 2.05. The number of piperazine rings is 1. The van der Waals surface area contributed by atoms with E-state index in [1.807, 2.05) is 0 Å². The van der Waals surface area contributed by atoms with Crippen LogP contribution in [0, 0.1) is 5.82 Å². The molecule has 1 aliphatic rings. The van der Waals surface area contributed by atoms with E-state index in [4.69, 9.17) is 5.73 Å². The first-order valence-corrected chi connectivity index (χ1v) is 8.37. The van der Waals surface area contributed by atoms with E-state index < -0.39 is 21.4 Å². The minimum absolute atomic E-state index is 0.0657. The highest BCUT2D eigenvalue weighted by Gasteiger charge is 2.45. The van der Waals surface area contributed by atoms with Crippen LogP contribution in [-0.2, 0) is 14.8 Å². The Morgan fingerprint density at radius 2 is 2.05 bits per heavy atom. The van der Waals surface area contributed by atoms with Crippen molar-refractivity contribution in [2.45, 2.75) is 24.3 Å². The Hall–Kier alpha value is -1.19. The van der Waals surface area contributed by atoms with Gasteiger partial charge in [0.25, 0.3) is 0 Å². The van der Waals surface area contributed by atoms with Gasteiger partial charge in [-0.15, -0.1) is 0 Å². The predicted molar refractivity (Wildman–Crippen MR) is 79.5 cm³/mol. The molecular weight excluding hydrogens is 365 g/mol. The molecule has 0 aliphatic carbocycles. The number of hydrogen-bond donors (Lipinski definition) is 2. The zero-order valence-corrected chi connectivity index (χ0v) is 13.9. The average molecular weight is 380 g/mol. The van der Waals surface area contributed by atoms with Gasteiger partial charge >= 0.3 is 0 Å². The van der Waals surface area contributed by atoms with Gasteiger partial charge in [0.15, 0.2) is 0 Å². The Bertz CT molecular complexity index is 706. The molecule has 1 amide bonds. The van der Waals surface area contributed by atoms with Crippen LogP contribution in [-0.4, -0.2) is 37.3 Å². The topological polar surface area (TPSA) is 92.5 Å². The van der Waals surface area contributed by atoms with Gasteiger partial charge in [-0.25, -0.2) is 12.8 Å². The van der Waals surface area contributed by atoms with Crippen LogP contribution >= 0.6 is 15.9 Å². The molecule has 0 unspecified atom stereocenters. The highest BCUT2D eigenvalue weighted by atomic mass is 79.9. The van der Waals surface area contributed by atoms with Crippen molar-refractivity contribution in [3.05, 3.63) is 22.4 Å². The van der Waals surface area contributed by atoms with E-state index in [1.54, 1.807) is 0 Å². The molecule has 2 rings (SSSR count). The summed E-state index contributed by atoms with van der Waals surface area (Å²) in [5.74, 6) is -1.10. The van der Waals surface area contributed by atoms with E-state index in [0.717, 1.165) is 16.4 Å². The Morgan fingerprint density at radius 3 is 2.67 bits per heavy atom. The molecule has 9 heteroatoms. The fourth-order valence-electron chi connectivity index (χ4n) is 2.16. The maximum absolute atomic E-state index is 13.4. The zero-order valence-electron chi connectivity index (χ0n) is 11.5. The first-order valence-electron chi connectivity index (χ1n) is 6.14. The predicted octanol–water partition coefficient (Wildman–Crippen LogP) is 1.07. The number of benzene rings is 1. The molecule has 1 saturated heterocycles. The molecule has 3 N–H and O–H groups in total. The molecule has 0 saturated carbocycles. The normalized spacial score (nSPS) is 19.3. The first kappa shape index (κ1) is 16.2. The smallest absolute Gasteiger partial charge is 0.245 e. The second-order valence-electron chi connectivity index (χ2n) is 5.20. The molecule has 21 heavy (non-hydrogen) atoms. The lowest BCUT2D eigenvalue weighted by Gasteiger charge is -2.40. The van der Waals surface area contributed by atoms with Gasteiger partial charge in [0.1, 0.15) is 11.4 Å². The van der Waals surface area contributed by atoms with E-state index >= 15 is 0 Å². The summed E-state index contributed by atoms with van der Waals surface area (Å²) in [7, 11) is -3.99. The number of anilines is 1. The van der Waals surface area contributed by atoms with Crippen LogP contribution in [0.3, 0.4) is 0 Å². The van der Waals surface area contributed by atoms with Crippen LogP contribution < -0.4 is 11.1 Å². The lowest BCUT2D eigenvalue weighted by atomic mass is 10.0. The molecule has 1 aromatic carbocycles. The number of carbonyl (C=O) groups excluding carboxylic acids is 1. The summed E-state index contributed by atoms with van der Waals surface area (Å²) in [6.07, 6.45) is 0. The van der Waals surface area contributed by atoms with Crippen LogP contribution in [0.15, 0.2) is 21.5 Å². The van der Waals surface area contributed by atoms with E-state index in [2.05, 4.69) is 21.2 Å². The van der Waals surface area contributed by atoms with Gasteiger partial charge in [0.2, 0.25) is 15.9 Å². The van der Waals surface area contributed by atoms with Crippen LogP contribution in [0.2, 0.25) is 0 Å². The van der Waals surface area contributed by atoms with Gasteiger partial charge < -0.3 is 11.1 Å². The molecule has 1 aromatic rings.